The predicted molar refractivity (Wildman–Crippen MR) is 115 cm³/mol. The van der Waals surface area contributed by atoms with Gasteiger partial charge in [0.1, 0.15) is 16.4 Å². The van der Waals surface area contributed by atoms with Crippen molar-refractivity contribution in [3.63, 3.8) is 0 Å². The molecule has 1 N–H and O–H groups in total. The summed E-state index contributed by atoms with van der Waals surface area (Å²) in [7, 11) is -0.608. The van der Waals surface area contributed by atoms with Crippen molar-refractivity contribution in [2.24, 2.45) is 5.92 Å². The van der Waals surface area contributed by atoms with E-state index < -0.39 is 10.0 Å². The van der Waals surface area contributed by atoms with Crippen LogP contribution in [0, 0.1) is 5.92 Å². The van der Waals surface area contributed by atoms with Crippen molar-refractivity contribution < 1.29 is 17.9 Å². The zero-order valence-corrected chi connectivity index (χ0v) is 18.5. The number of hydrogen-bond donors (Lipinski definition) is 1. The molecule has 1 atom stereocenters. The average Bonchev–Trinajstić information content (AvgIpc) is 2.71. The summed E-state index contributed by atoms with van der Waals surface area (Å²) in [6, 6.07) is 10.9. The van der Waals surface area contributed by atoms with E-state index in [1.54, 1.807) is 13.2 Å². The average molecular weight is 418 g/mol. The summed E-state index contributed by atoms with van der Waals surface area (Å²) in [6.07, 6.45) is 4.80. The SMILES string of the molecule is COc1ccc(C(CC(C)C)NS(=O)(=O)c2cc3c(cc2OC)CCCC3)cc1. The van der Waals surface area contributed by atoms with Gasteiger partial charge in [-0.15, -0.1) is 0 Å². The van der Waals surface area contributed by atoms with E-state index >= 15 is 0 Å². The number of fused-ring (bicyclic) bond motifs is 1. The first-order valence-corrected chi connectivity index (χ1v) is 11.7. The topological polar surface area (TPSA) is 64.6 Å². The van der Waals surface area contributed by atoms with Crippen LogP contribution in [0.5, 0.6) is 11.5 Å². The highest BCUT2D eigenvalue weighted by atomic mass is 32.2. The van der Waals surface area contributed by atoms with Crippen LogP contribution in [0.3, 0.4) is 0 Å². The normalized spacial score (nSPS) is 15.1. The Morgan fingerprint density at radius 1 is 0.966 bits per heavy atom. The van der Waals surface area contributed by atoms with Crippen LogP contribution in [-0.2, 0) is 22.9 Å². The minimum Gasteiger partial charge on any atom is -0.497 e. The molecule has 2 aromatic carbocycles. The Bertz CT molecular complexity index is 936. The van der Waals surface area contributed by atoms with E-state index in [2.05, 4.69) is 18.6 Å². The first-order chi connectivity index (χ1) is 13.8. The van der Waals surface area contributed by atoms with Gasteiger partial charge >= 0.3 is 0 Å². The third kappa shape index (κ3) is 5.11. The van der Waals surface area contributed by atoms with Crippen molar-refractivity contribution in [3.8, 4) is 11.5 Å². The van der Waals surface area contributed by atoms with Crippen LogP contribution < -0.4 is 14.2 Å². The van der Waals surface area contributed by atoms with Gasteiger partial charge in [-0.1, -0.05) is 26.0 Å². The van der Waals surface area contributed by atoms with Gasteiger partial charge in [0.05, 0.1) is 14.2 Å². The van der Waals surface area contributed by atoms with Crippen LogP contribution in [0.1, 0.15) is 55.8 Å². The second-order valence-corrected chi connectivity index (χ2v) is 9.74. The highest BCUT2D eigenvalue weighted by molar-refractivity contribution is 7.89. The summed E-state index contributed by atoms with van der Waals surface area (Å²) in [4.78, 5) is 0.225. The van der Waals surface area contributed by atoms with Gasteiger partial charge in [0.2, 0.25) is 10.0 Å². The van der Waals surface area contributed by atoms with Crippen LogP contribution in [0.25, 0.3) is 0 Å². The Hall–Kier alpha value is -2.05. The van der Waals surface area contributed by atoms with Gasteiger partial charge in [-0.25, -0.2) is 13.1 Å². The largest absolute Gasteiger partial charge is 0.497 e. The number of hydrogen-bond acceptors (Lipinski definition) is 4. The first-order valence-electron chi connectivity index (χ1n) is 10.2. The van der Waals surface area contributed by atoms with Crippen molar-refractivity contribution in [2.75, 3.05) is 14.2 Å². The number of nitrogens with one attached hydrogen (secondary N) is 1. The lowest BCUT2D eigenvalue weighted by Crippen LogP contribution is -2.30. The number of rotatable bonds is 8. The number of methoxy groups -OCH3 is 2. The third-order valence-corrected chi connectivity index (χ3v) is 6.93. The molecule has 6 heteroatoms. The van der Waals surface area contributed by atoms with Gasteiger partial charge in [-0.2, -0.15) is 0 Å². The maximum Gasteiger partial charge on any atom is 0.244 e. The quantitative estimate of drug-likeness (QED) is 0.679. The predicted octanol–water partition coefficient (Wildman–Crippen LogP) is 4.65. The highest BCUT2D eigenvalue weighted by Gasteiger charge is 2.27. The van der Waals surface area contributed by atoms with E-state index in [-0.39, 0.29) is 10.9 Å². The van der Waals surface area contributed by atoms with Crippen molar-refractivity contribution in [1.29, 1.82) is 0 Å². The summed E-state index contributed by atoms with van der Waals surface area (Å²) >= 11 is 0. The second kappa shape index (κ2) is 9.18. The molecule has 2 aromatic rings. The maximum atomic E-state index is 13.4. The molecule has 0 fully saturated rings. The summed E-state index contributed by atoms with van der Waals surface area (Å²) in [6.45, 7) is 4.18. The fourth-order valence-electron chi connectivity index (χ4n) is 3.92. The van der Waals surface area contributed by atoms with Gasteiger partial charge in [-0.05, 0) is 79.0 Å². The zero-order chi connectivity index (χ0) is 21.0. The molecule has 1 unspecified atom stereocenters. The molecule has 3 rings (SSSR count). The van der Waals surface area contributed by atoms with E-state index in [4.69, 9.17) is 9.47 Å². The molecule has 1 aliphatic carbocycles. The molecule has 0 aromatic heterocycles. The minimum atomic E-state index is -3.75. The molecular weight excluding hydrogens is 386 g/mol. The Morgan fingerprint density at radius 2 is 1.59 bits per heavy atom. The third-order valence-electron chi connectivity index (χ3n) is 5.44. The van der Waals surface area contributed by atoms with E-state index in [0.717, 1.165) is 42.6 Å². The number of ether oxygens (including phenoxy) is 2. The molecule has 0 heterocycles. The maximum absolute atomic E-state index is 13.4. The molecule has 0 radical (unpaired) electrons. The molecule has 5 nitrogen and oxygen atoms in total. The van der Waals surface area contributed by atoms with Crippen molar-refractivity contribution >= 4 is 10.0 Å². The van der Waals surface area contributed by atoms with Gasteiger partial charge in [0.15, 0.2) is 0 Å². The van der Waals surface area contributed by atoms with E-state index in [1.807, 2.05) is 30.3 Å². The van der Waals surface area contributed by atoms with Crippen LogP contribution >= 0.6 is 0 Å². The molecule has 0 spiro atoms. The number of aryl methyl sites for hydroxylation is 2. The van der Waals surface area contributed by atoms with Crippen LogP contribution in [0.15, 0.2) is 41.3 Å². The monoisotopic (exact) mass is 417 g/mol. The van der Waals surface area contributed by atoms with E-state index in [1.165, 1.54) is 12.7 Å². The molecular formula is C23H31NO4S. The Labute approximate surface area is 174 Å². The molecule has 0 bridgehead atoms. The minimum absolute atomic E-state index is 0.225. The fraction of sp³-hybridized carbons (Fsp3) is 0.478. The van der Waals surface area contributed by atoms with Gasteiger partial charge in [0.25, 0.3) is 0 Å². The summed E-state index contributed by atoms with van der Waals surface area (Å²) in [5, 5.41) is 0. The molecule has 1 aliphatic rings. The first kappa shape index (κ1) is 21.7. The molecule has 0 aliphatic heterocycles. The molecule has 0 amide bonds. The Morgan fingerprint density at radius 3 is 2.14 bits per heavy atom. The van der Waals surface area contributed by atoms with Gasteiger partial charge < -0.3 is 9.47 Å². The smallest absolute Gasteiger partial charge is 0.244 e. The van der Waals surface area contributed by atoms with Gasteiger partial charge in [0, 0.05) is 6.04 Å². The highest BCUT2D eigenvalue weighted by Crippen LogP contribution is 2.33. The molecule has 29 heavy (non-hydrogen) atoms. The van der Waals surface area contributed by atoms with Crippen molar-refractivity contribution in [3.05, 3.63) is 53.1 Å². The number of benzene rings is 2. The second-order valence-electron chi connectivity index (χ2n) is 8.06. The summed E-state index contributed by atoms with van der Waals surface area (Å²) in [5.41, 5.74) is 3.23. The van der Waals surface area contributed by atoms with E-state index in [9.17, 15) is 8.42 Å². The van der Waals surface area contributed by atoms with Gasteiger partial charge in [-0.3, -0.25) is 0 Å². The lowest BCUT2D eigenvalue weighted by molar-refractivity contribution is 0.399. The number of sulfonamides is 1. The van der Waals surface area contributed by atoms with Crippen molar-refractivity contribution in [2.45, 2.75) is 56.9 Å². The molecule has 158 valence electrons. The Kier molecular flexibility index (Phi) is 6.85. The van der Waals surface area contributed by atoms with E-state index in [0.29, 0.717) is 18.1 Å². The van der Waals surface area contributed by atoms with Crippen molar-refractivity contribution in [1.82, 2.24) is 4.72 Å². The fourth-order valence-corrected chi connectivity index (χ4v) is 5.36. The van der Waals surface area contributed by atoms with Crippen LogP contribution in [-0.4, -0.2) is 22.6 Å². The summed E-state index contributed by atoms with van der Waals surface area (Å²) < 4.78 is 40.4. The standard InChI is InChI=1S/C23H31NO4S/c1-16(2)13-21(17-9-11-20(27-3)12-10-17)24-29(25,26)23-15-19-8-6-5-7-18(19)14-22(23)28-4/h9-12,14-16,21,24H,5-8,13H2,1-4H3. The van der Waals surface area contributed by atoms with Crippen LogP contribution in [0.4, 0.5) is 0 Å². The lowest BCUT2D eigenvalue weighted by Gasteiger charge is -2.23. The zero-order valence-electron chi connectivity index (χ0n) is 17.7. The molecule has 0 saturated carbocycles. The molecule has 0 saturated heterocycles. The van der Waals surface area contributed by atoms with Crippen LogP contribution in [0.2, 0.25) is 0 Å². The Balaban J connectivity index is 1.95. The summed E-state index contributed by atoms with van der Waals surface area (Å²) in [5.74, 6) is 1.49. The lowest BCUT2D eigenvalue weighted by atomic mass is 9.92.